The van der Waals surface area contributed by atoms with Gasteiger partial charge in [0.05, 0.1) is 10.6 Å². The quantitative estimate of drug-likeness (QED) is 0.890. The molecule has 0 amide bonds. The Labute approximate surface area is 125 Å². The molecule has 0 aliphatic carbocycles. The summed E-state index contributed by atoms with van der Waals surface area (Å²) in [6, 6.07) is 6.71. The second kappa shape index (κ2) is 6.30. The first-order valence-electron chi connectivity index (χ1n) is 7.01. The van der Waals surface area contributed by atoms with E-state index in [0.29, 0.717) is 4.90 Å². The SMILES string of the molecule is CCCCn1cc(C)nc1Nc1ccc(S(C)(=O)=O)cc1. The van der Waals surface area contributed by atoms with Crippen LogP contribution in [0.15, 0.2) is 35.4 Å². The first kappa shape index (κ1) is 15.6. The Kier molecular flexibility index (Phi) is 4.67. The summed E-state index contributed by atoms with van der Waals surface area (Å²) >= 11 is 0. The number of sulfone groups is 1. The van der Waals surface area contributed by atoms with Gasteiger partial charge < -0.3 is 9.88 Å². The predicted molar refractivity (Wildman–Crippen MR) is 84.7 cm³/mol. The maximum Gasteiger partial charge on any atom is 0.207 e. The highest BCUT2D eigenvalue weighted by atomic mass is 32.2. The van der Waals surface area contributed by atoms with Crippen LogP contribution in [0.2, 0.25) is 0 Å². The Morgan fingerprint density at radius 1 is 1.24 bits per heavy atom. The number of imidazole rings is 1. The largest absolute Gasteiger partial charge is 0.326 e. The molecule has 0 aliphatic rings. The third-order valence-corrected chi connectivity index (χ3v) is 4.32. The van der Waals surface area contributed by atoms with E-state index in [-0.39, 0.29) is 0 Å². The third-order valence-electron chi connectivity index (χ3n) is 3.19. The van der Waals surface area contributed by atoms with E-state index < -0.39 is 9.84 Å². The molecule has 2 rings (SSSR count). The number of aryl methyl sites for hydroxylation is 2. The van der Waals surface area contributed by atoms with Crippen LogP contribution in [0.25, 0.3) is 0 Å². The molecule has 0 atom stereocenters. The number of nitrogens with zero attached hydrogens (tertiary/aromatic N) is 2. The Morgan fingerprint density at radius 2 is 1.90 bits per heavy atom. The number of aromatic nitrogens is 2. The lowest BCUT2D eigenvalue weighted by Gasteiger charge is -2.09. The van der Waals surface area contributed by atoms with Gasteiger partial charge in [0.15, 0.2) is 9.84 Å². The van der Waals surface area contributed by atoms with Crippen LogP contribution < -0.4 is 5.32 Å². The van der Waals surface area contributed by atoms with Crippen LogP contribution in [-0.2, 0) is 16.4 Å². The molecule has 0 saturated heterocycles. The molecular formula is C15H21N3O2S. The van der Waals surface area contributed by atoms with Gasteiger partial charge in [-0.15, -0.1) is 0 Å². The number of hydrogen-bond donors (Lipinski definition) is 1. The van der Waals surface area contributed by atoms with E-state index in [0.717, 1.165) is 36.7 Å². The molecule has 0 fully saturated rings. The van der Waals surface area contributed by atoms with Crippen LogP contribution in [0, 0.1) is 6.92 Å². The van der Waals surface area contributed by atoms with Crippen LogP contribution in [0.4, 0.5) is 11.6 Å². The first-order chi connectivity index (χ1) is 9.90. The molecule has 0 unspecified atom stereocenters. The fourth-order valence-electron chi connectivity index (χ4n) is 2.06. The Bertz CT molecular complexity index is 703. The van der Waals surface area contributed by atoms with Gasteiger partial charge in [-0.05, 0) is 37.6 Å². The highest BCUT2D eigenvalue weighted by Crippen LogP contribution is 2.19. The van der Waals surface area contributed by atoms with E-state index >= 15 is 0 Å². The molecule has 1 aromatic heterocycles. The summed E-state index contributed by atoms with van der Waals surface area (Å²) in [5.74, 6) is 0.785. The van der Waals surface area contributed by atoms with E-state index in [9.17, 15) is 8.42 Å². The zero-order chi connectivity index (χ0) is 15.5. The number of rotatable bonds is 6. The van der Waals surface area contributed by atoms with Crippen LogP contribution in [-0.4, -0.2) is 24.2 Å². The molecule has 114 valence electrons. The second-order valence-electron chi connectivity index (χ2n) is 5.17. The first-order valence-corrected chi connectivity index (χ1v) is 8.90. The number of hydrogen-bond acceptors (Lipinski definition) is 4. The van der Waals surface area contributed by atoms with Crippen molar-refractivity contribution in [2.24, 2.45) is 0 Å². The average Bonchev–Trinajstić information content (AvgIpc) is 2.76. The molecule has 0 aliphatic heterocycles. The van der Waals surface area contributed by atoms with Gasteiger partial charge in [-0.2, -0.15) is 0 Å². The lowest BCUT2D eigenvalue weighted by Crippen LogP contribution is -2.03. The number of benzene rings is 1. The molecule has 0 spiro atoms. The maximum atomic E-state index is 11.4. The molecule has 21 heavy (non-hydrogen) atoms. The molecular weight excluding hydrogens is 286 g/mol. The fourth-order valence-corrected chi connectivity index (χ4v) is 2.69. The monoisotopic (exact) mass is 307 g/mol. The Balaban J connectivity index is 2.18. The van der Waals surface area contributed by atoms with E-state index in [1.807, 2.05) is 13.1 Å². The number of nitrogens with one attached hydrogen (secondary N) is 1. The normalized spacial score (nSPS) is 11.6. The van der Waals surface area contributed by atoms with E-state index in [1.54, 1.807) is 24.3 Å². The van der Waals surface area contributed by atoms with Crippen molar-refractivity contribution in [2.75, 3.05) is 11.6 Å². The topological polar surface area (TPSA) is 64.0 Å². The van der Waals surface area contributed by atoms with Gasteiger partial charge in [0.25, 0.3) is 0 Å². The van der Waals surface area contributed by atoms with E-state index in [4.69, 9.17) is 0 Å². The van der Waals surface area contributed by atoms with Crippen LogP contribution in [0.1, 0.15) is 25.5 Å². The van der Waals surface area contributed by atoms with Crippen molar-refractivity contribution in [2.45, 2.75) is 38.1 Å². The number of unbranched alkanes of at least 4 members (excludes halogenated alkanes) is 1. The van der Waals surface area contributed by atoms with Crippen molar-refractivity contribution < 1.29 is 8.42 Å². The van der Waals surface area contributed by atoms with Gasteiger partial charge in [0.1, 0.15) is 0 Å². The molecule has 1 heterocycles. The summed E-state index contributed by atoms with van der Waals surface area (Å²) in [6.45, 7) is 5.03. The van der Waals surface area contributed by atoms with Crippen molar-refractivity contribution in [3.05, 3.63) is 36.2 Å². The fraction of sp³-hybridized carbons (Fsp3) is 0.400. The van der Waals surface area contributed by atoms with Gasteiger partial charge in [-0.1, -0.05) is 13.3 Å². The maximum absolute atomic E-state index is 11.4. The smallest absolute Gasteiger partial charge is 0.207 e. The lowest BCUT2D eigenvalue weighted by molar-refractivity contribution is 0.602. The minimum Gasteiger partial charge on any atom is -0.326 e. The van der Waals surface area contributed by atoms with Gasteiger partial charge in [0, 0.05) is 24.7 Å². The minimum atomic E-state index is -3.16. The molecule has 6 heteroatoms. The molecule has 1 aromatic carbocycles. The summed E-state index contributed by atoms with van der Waals surface area (Å²) < 4.78 is 25.0. The second-order valence-corrected chi connectivity index (χ2v) is 7.19. The molecule has 0 saturated carbocycles. The van der Waals surface area contributed by atoms with Crippen molar-refractivity contribution in [1.29, 1.82) is 0 Å². The van der Waals surface area contributed by atoms with Gasteiger partial charge >= 0.3 is 0 Å². The van der Waals surface area contributed by atoms with Crippen molar-refractivity contribution >= 4 is 21.5 Å². The highest BCUT2D eigenvalue weighted by molar-refractivity contribution is 7.90. The van der Waals surface area contributed by atoms with E-state index in [1.165, 1.54) is 6.26 Å². The molecule has 1 N–H and O–H groups in total. The Morgan fingerprint density at radius 3 is 2.48 bits per heavy atom. The molecule has 0 radical (unpaired) electrons. The van der Waals surface area contributed by atoms with Crippen LogP contribution >= 0.6 is 0 Å². The van der Waals surface area contributed by atoms with Crippen LogP contribution in [0.3, 0.4) is 0 Å². The predicted octanol–water partition coefficient (Wildman–Crippen LogP) is 3.14. The lowest BCUT2D eigenvalue weighted by atomic mass is 10.3. The van der Waals surface area contributed by atoms with Gasteiger partial charge in [-0.25, -0.2) is 13.4 Å². The summed E-state index contributed by atoms with van der Waals surface area (Å²) in [5, 5.41) is 3.24. The summed E-state index contributed by atoms with van der Waals surface area (Å²) in [5.41, 5.74) is 1.78. The van der Waals surface area contributed by atoms with Crippen molar-refractivity contribution in [3.8, 4) is 0 Å². The molecule has 2 aromatic rings. The van der Waals surface area contributed by atoms with E-state index in [2.05, 4.69) is 21.8 Å². The van der Waals surface area contributed by atoms with Gasteiger partial charge in [0.2, 0.25) is 5.95 Å². The summed E-state index contributed by atoms with van der Waals surface area (Å²) in [6.07, 6.45) is 5.44. The zero-order valence-corrected chi connectivity index (χ0v) is 13.4. The van der Waals surface area contributed by atoms with Crippen molar-refractivity contribution in [1.82, 2.24) is 9.55 Å². The molecule has 5 nitrogen and oxygen atoms in total. The average molecular weight is 307 g/mol. The highest BCUT2D eigenvalue weighted by Gasteiger charge is 2.08. The van der Waals surface area contributed by atoms with Crippen molar-refractivity contribution in [3.63, 3.8) is 0 Å². The summed E-state index contributed by atoms with van der Waals surface area (Å²) in [7, 11) is -3.16. The Hall–Kier alpha value is -1.82. The minimum absolute atomic E-state index is 0.318. The summed E-state index contributed by atoms with van der Waals surface area (Å²) in [4.78, 5) is 4.78. The number of anilines is 2. The third kappa shape index (κ3) is 4.07. The molecule has 0 bridgehead atoms. The standard InChI is InChI=1S/C15H21N3O2S/c1-4-5-10-18-11-12(2)16-15(18)17-13-6-8-14(9-7-13)21(3,19)20/h6-9,11H,4-5,10H2,1-3H3,(H,16,17). The van der Waals surface area contributed by atoms with Gasteiger partial charge in [-0.3, -0.25) is 0 Å². The van der Waals surface area contributed by atoms with Crippen LogP contribution in [0.5, 0.6) is 0 Å². The zero-order valence-electron chi connectivity index (χ0n) is 12.6.